The fourth-order valence-electron chi connectivity index (χ4n) is 2.21. The molecule has 2 nitrogen and oxygen atoms in total. The molecule has 0 spiro atoms. The molecule has 1 aromatic carbocycles. The lowest BCUT2D eigenvalue weighted by Gasteiger charge is -2.23. The summed E-state index contributed by atoms with van der Waals surface area (Å²) in [5.74, 6) is 0.930. The molecular weight excluding hydrogens is 252 g/mol. The maximum absolute atomic E-state index is 3.54. The van der Waals surface area contributed by atoms with E-state index in [-0.39, 0.29) is 0 Å². The molecule has 0 aromatic heterocycles. The van der Waals surface area contributed by atoms with E-state index in [1.165, 1.54) is 30.8 Å². The van der Waals surface area contributed by atoms with E-state index >= 15 is 0 Å². The molecule has 1 atom stereocenters. The molecule has 0 saturated heterocycles. The second-order valence-electron chi connectivity index (χ2n) is 4.58. The lowest BCUT2D eigenvalue weighted by molar-refractivity contribution is 0.676. The van der Waals surface area contributed by atoms with Crippen molar-refractivity contribution in [2.24, 2.45) is 5.92 Å². The summed E-state index contributed by atoms with van der Waals surface area (Å²) < 4.78 is 1.16. The van der Waals surface area contributed by atoms with Gasteiger partial charge in [0.2, 0.25) is 0 Å². The molecule has 1 aliphatic heterocycles. The molecule has 2 aliphatic rings. The van der Waals surface area contributed by atoms with Crippen LogP contribution in [-0.2, 0) is 0 Å². The Bertz CT molecular complexity index is 387. The van der Waals surface area contributed by atoms with E-state index in [1.807, 2.05) is 0 Å². The van der Waals surface area contributed by atoms with Gasteiger partial charge in [-0.25, -0.2) is 0 Å². The monoisotopic (exact) mass is 266 g/mol. The summed E-state index contributed by atoms with van der Waals surface area (Å²) in [7, 11) is 0. The molecule has 0 radical (unpaired) electrons. The zero-order chi connectivity index (χ0) is 10.4. The van der Waals surface area contributed by atoms with Crippen LogP contribution in [0.4, 0.5) is 11.4 Å². The van der Waals surface area contributed by atoms with Crippen molar-refractivity contribution < 1.29 is 0 Å². The van der Waals surface area contributed by atoms with Crippen LogP contribution in [0.25, 0.3) is 0 Å². The topological polar surface area (TPSA) is 15.3 Å². The Balaban J connectivity index is 1.91. The zero-order valence-electron chi connectivity index (χ0n) is 8.83. The Hall–Kier alpha value is -0.700. The van der Waals surface area contributed by atoms with E-state index in [9.17, 15) is 0 Å². The van der Waals surface area contributed by atoms with Gasteiger partial charge in [0.1, 0.15) is 0 Å². The third-order valence-electron chi connectivity index (χ3n) is 3.25. The lowest BCUT2D eigenvalue weighted by atomic mass is 10.2. The highest BCUT2D eigenvalue weighted by Crippen LogP contribution is 2.40. The molecular formula is C12H15BrN2. The number of hydrogen-bond donors (Lipinski definition) is 1. The molecule has 15 heavy (non-hydrogen) atoms. The molecule has 1 aromatic rings. The van der Waals surface area contributed by atoms with Gasteiger partial charge in [0.15, 0.2) is 0 Å². The number of halogens is 1. The van der Waals surface area contributed by atoms with Gasteiger partial charge in [0.05, 0.1) is 17.5 Å². The van der Waals surface area contributed by atoms with E-state index in [0.717, 1.165) is 10.4 Å². The third kappa shape index (κ3) is 1.73. The van der Waals surface area contributed by atoms with Gasteiger partial charge in [-0.05, 0) is 43.9 Å². The highest BCUT2D eigenvalue weighted by Gasteiger charge is 2.31. The van der Waals surface area contributed by atoms with Crippen LogP contribution in [0.3, 0.4) is 0 Å². The number of benzene rings is 1. The molecule has 1 unspecified atom stereocenters. The molecule has 1 fully saturated rings. The fourth-order valence-corrected chi connectivity index (χ4v) is 2.56. The van der Waals surface area contributed by atoms with Crippen LogP contribution in [0.1, 0.15) is 19.8 Å². The first-order valence-electron chi connectivity index (χ1n) is 5.57. The smallest absolute Gasteiger partial charge is 0.0962 e. The van der Waals surface area contributed by atoms with E-state index in [4.69, 9.17) is 0 Å². The van der Waals surface area contributed by atoms with Crippen molar-refractivity contribution in [1.29, 1.82) is 0 Å². The van der Waals surface area contributed by atoms with Gasteiger partial charge in [-0.2, -0.15) is 0 Å². The molecule has 1 saturated carbocycles. The molecule has 3 heteroatoms. The van der Waals surface area contributed by atoms with Crippen LogP contribution < -0.4 is 10.2 Å². The quantitative estimate of drug-likeness (QED) is 0.883. The second-order valence-corrected chi connectivity index (χ2v) is 5.49. The first kappa shape index (κ1) is 9.52. The van der Waals surface area contributed by atoms with Crippen LogP contribution in [0.5, 0.6) is 0 Å². The van der Waals surface area contributed by atoms with Crippen LogP contribution in [0.15, 0.2) is 22.7 Å². The van der Waals surface area contributed by atoms with Gasteiger partial charge in [0, 0.05) is 11.0 Å². The average molecular weight is 267 g/mol. The predicted molar refractivity (Wildman–Crippen MR) is 67.3 cm³/mol. The summed E-state index contributed by atoms with van der Waals surface area (Å²) in [5.41, 5.74) is 2.62. The number of hydrogen-bond acceptors (Lipinski definition) is 2. The Morgan fingerprint density at radius 1 is 1.47 bits per heavy atom. The Morgan fingerprint density at radius 3 is 3.00 bits per heavy atom. The lowest BCUT2D eigenvalue weighted by Crippen LogP contribution is -2.34. The van der Waals surface area contributed by atoms with Crippen LogP contribution in [0.2, 0.25) is 0 Å². The van der Waals surface area contributed by atoms with Gasteiger partial charge in [-0.15, -0.1) is 0 Å². The molecule has 3 rings (SSSR count). The maximum atomic E-state index is 3.54. The largest absolute Gasteiger partial charge is 0.364 e. The van der Waals surface area contributed by atoms with Gasteiger partial charge in [-0.3, -0.25) is 0 Å². The zero-order valence-corrected chi connectivity index (χ0v) is 10.4. The highest BCUT2D eigenvalue weighted by molar-refractivity contribution is 9.10. The Labute approximate surface area is 98.8 Å². The van der Waals surface area contributed by atoms with Crippen molar-refractivity contribution in [2.45, 2.75) is 25.9 Å². The fraction of sp³-hybridized carbons (Fsp3) is 0.500. The SMILES string of the molecule is CC1Nc2ccc(Br)cc2N1CC1CC1. The highest BCUT2D eigenvalue weighted by atomic mass is 79.9. The first-order chi connectivity index (χ1) is 7.24. The summed E-state index contributed by atoms with van der Waals surface area (Å²) in [4.78, 5) is 2.48. The van der Waals surface area contributed by atoms with E-state index in [2.05, 4.69) is 51.3 Å². The molecule has 1 heterocycles. The van der Waals surface area contributed by atoms with Crippen molar-refractivity contribution in [3.8, 4) is 0 Å². The third-order valence-corrected chi connectivity index (χ3v) is 3.75. The van der Waals surface area contributed by atoms with Crippen LogP contribution >= 0.6 is 15.9 Å². The summed E-state index contributed by atoms with van der Waals surface area (Å²) in [6, 6.07) is 6.47. The van der Waals surface area contributed by atoms with E-state index in [0.29, 0.717) is 6.17 Å². The van der Waals surface area contributed by atoms with Crippen LogP contribution in [0, 0.1) is 5.92 Å². The van der Waals surface area contributed by atoms with Crippen molar-refractivity contribution in [3.05, 3.63) is 22.7 Å². The van der Waals surface area contributed by atoms with Crippen molar-refractivity contribution in [3.63, 3.8) is 0 Å². The summed E-state index contributed by atoms with van der Waals surface area (Å²) >= 11 is 3.54. The Morgan fingerprint density at radius 2 is 2.27 bits per heavy atom. The van der Waals surface area contributed by atoms with E-state index < -0.39 is 0 Å². The van der Waals surface area contributed by atoms with Crippen LogP contribution in [-0.4, -0.2) is 12.7 Å². The van der Waals surface area contributed by atoms with Crippen molar-refractivity contribution >= 4 is 27.3 Å². The van der Waals surface area contributed by atoms with E-state index in [1.54, 1.807) is 0 Å². The number of nitrogens with zero attached hydrogens (tertiary/aromatic N) is 1. The number of nitrogens with one attached hydrogen (secondary N) is 1. The number of anilines is 2. The number of fused-ring (bicyclic) bond motifs is 1. The molecule has 80 valence electrons. The van der Waals surface area contributed by atoms with Gasteiger partial charge in [-0.1, -0.05) is 15.9 Å². The molecule has 1 aliphatic carbocycles. The minimum atomic E-state index is 0.440. The minimum Gasteiger partial charge on any atom is -0.364 e. The molecule has 1 N–H and O–H groups in total. The standard InChI is InChI=1S/C12H15BrN2/c1-8-14-11-5-4-10(13)6-12(11)15(8)7-9-2-3-9/h4-6,8-9,14H,2-3,7H2,1H3. The number of rotatable bonds is 2. The second kappa shape index (κ2) is 3.41. The minimum absolute atomic E-state index is 0.440. The molecule has 0 amide bonds. The molecule has 0 bridgehead atoms. The average Bonchev–Trinajstić information content (AvgIpc) is 2.96. The first-order valence-corrected chi connectivity index (χ1v) is 6.36. The van der Waals surface area contributed by atoms with Gasteiger partial charge < -0.3 is 10.2 Å². The van der Waals surface area contributed by atoms with Gasteiger partial charge in [0.25, 0.3) is 0 Å². The summed E-state index contributed by atoms with van der Waals surface area (Å²) in [6.07, 6.45) is 3.26. The summed E-state index contributed by atoms with van der Waals surface area (Å²) in [5, 5.41) is 3.51. The van der Waals surface area contributed by atoms with Crippen molar-refractivity contribution in [2.75, 3.05) is 16.8 Å². The normalized spacial score (nSPS) is 23.9. The van der Waals surface area contributed by atoms with Gasteiger partial charge >= 0.3 is 0 Å². The maximum Gasteiger partial charge on any atom is 0.0962 e. The Kier molecular flexibility index (Phi) is 2.16. The van der Waals surface area contributed by atoms with Crippen molar-refractivity contribution in [1.82, 2.24) is 0 Å². The summed E-state index contributed by atoms with van der Waals surface area (Å²) in [6.45, 7) is 3.44. The predicted octanol–water partition coefficient (Wildman–Crippen LogP) is 3.44.